The number of halogens is 2. The van der Waals surface area contributed by atoms with E-state index in [-0.39, 0.29) is 5.75 Å². The van der Waals surface area contributed by atoms with Crippen LogP contribution in [0.25, 0.3) is 0 Å². The van der Waals surface area contributed by atoms with Crippen LogP contribution in [0.3, 0.4) is 0 Å². The van der Waals surface area contributed by atoms with Gasteiger partial charge >= 0.3 is 0 Å². The van der Waals surface area contributed by atoms with E-state index in [1.807, 2.05) is 0 Å². The third kappa shape index (κ3) is 4.99. The minimum atomic E-state index is -3.56. The van der Waals surface area contributed by atoms with Crippen LogP contribution in [-0.2, 0) is 9.05 Å². The van der Waals surface area contributed by atoms with Crippen LogP contribution < -0.4 is 0 Å². The molecule has 0 aliphatic carbocycles. The molecule has 2 nitrogen and oxygen atoms in total. The van der Waals surface area contributed by atoms with Gasteiger partial charge in [-0.15, -0.1) is 0 Å². The molecule has 0 bridgehead atoms. The van der Waals surface area contributed by atoms with Crippen LogP contribution in [-0.4, -0.2) is 20.8 Å². The van der Waals surface area contributed by atoms with E-state index in [0.29, 0.717) is 0 Å². The van der Waals surface area contributed by atoms with Crippen LogP contribution in [0.5, 0.6) is 0 Å². The summed E-state index contributed by atoms with van der Waals surface area (Å²) in [5.74, 6) is -0.321. The average molecular weight is 189 g/mol. The van der Waals surface area contributed by atoms with E-state index < -0.39 is 21.1 Å². The number of hydrogen-bond acceptors (Lipinski definition) is 2. The molecule has 5 heteroatoms. The van der Waals surface area contributed by atoms with Gasteiger partial charge in [0, 0.05) is 16.1 Å². The van der Waals surface area contributed by atoms with Crippen molar-refractivity contribution in [2.75, 3.05) is 12.4 Å². The average Bonchev–Trinajstić information content (AvgIpc) is 1.60. The third-order valence-electron chi connectivity index (χ3n) is 0.925. The summed E-state index contributed by atoms with van der Waals surface area (Å²) in [6, 6.07) is 0. The van der Waals surface area contributed by atoms with E-state index in [4.69, 9.17) is 10.7 Å². The highest BCUT2D eigenvalue weighted by Gasteiger charge is 2.24. The largest absolute Gasteiger partial charge is 0.250 e. The zero-order valence-corrected chi connectivity index (χ0v) is 7.47. The highest BCUT2D eigenvalue weighted by Crippen LogP contribution is 2.19. The van der Waals surface area contributed by atoms with E-state index in [0.717, 1.165) is 0 Å². The second-order valence-corrected chi connectivity index (χ2v) is 5.76. The molecule has 0 aromatic rings. The summed E-state index contributed by atoms with van der Waals surface area (Å²) in [4.78, 5) is 0. The molecule has 0 atom stereocenters. The van der Waals surface area contributed by atoms with Crippen LogP contribution in [0.15, 0.2) is 0 Å². The van der Waals surface area contributed by atoms with Gasteiger partial charge in [0.1, 0.15) is 0 Å². The summed E-state index contributed by atoms with van der Waals surface area (Å²) >= 11 is 0. The molecule has 0 heterocycles. The van der Waals surface area contributed by atoms with Crippen molar-refractivity contribution in [2.24, 2.45) is 5.41 Å². The zero-order chi connectivity index (χ0) is 8.41. The van der Waals surface area contributed by atoms with Gasteiger partial charge in [0.05, 0.1) is 12.4 Å². The molecule has 0 rings (SSSR count). The Balaban J connectivity index is 4.16. The van der Waals surface area contributed by atoms with Crippen molar-refractivity contribution in [1.82, 2.24) is 0 Å². The Morgan fingerprint density at radius 1 is 1.50 bits per heavy atom. The molecular formula is C5H10ClFO2S. The van der Waals surface area contributed by atoms with E-state index in [2.05, 4.69) is 0 Å². The van der Waals surface area contributed by atoms with Gasteiger partial charge in [-0.05, 0) is 0 Å². The maximum atomic E-state index is 12.0. The number of alkyl halides is 1. The Hall–Kier alpha value is 0.170. The Labute approximate surface area is 64.8 Å². The summed E-state index contributed by atoms with van der Waals surface area (Å²) in [6.45, 7) is 2.33. The molecule has 0 aliphatic heterocycles. The molecule has 0 N–H and O–H groups in total. The molecule has 0 radical (unpaired) electrons. The summed E-state index contributed by atoms with van der Waals surface area (Å²) in [5.41, 5.74) is -0.861. The van der Waals surface area contributed by atoms with Crippen molar-refractivity contribution in [3.63, 3.8) is 0 Å². The van der Waals surface area contributed by atoms with Crippen molar-refractivity contribution >= 4 is 19.7 Å². The molecule has 0 aromatic carbocycles. The van der Waals surface area contributed by atoms with E-state index in [9.17, 15) is 12.8 Å². The van der Waals surface area contributed by atoms with Gasteiger partial charge in [-0.1, -0.05) is 13.8 Å². The van der Waals surface area contributed by atoms with Gasteiger partial charge in [-0.2, -0.15) is 0 Å². The molecular weight excluding hydrogens is 179 g/mol. The number of hydrogen-bond donors (Lipinski definition) is 0. The highest BCUT2D eigenvalue weighted by atomic mass is 35.7. The second kappa shape index (κ2) is 3.05. The summed E-state index contributed by atoms with van der Waals surface area (Å²) in [7, 11) is 1.34. The Morgan fingerprint density at radius 2 is 1.90 bits per heavy atom. The quantitative estimate of drug-likeness (QED) is 0.630. The van der Waals surface area contributed by atoms with Crippen LogP contribution in [0.2, 0.25) is 0 Å². The monoisotopic (exact) mass is 188 g/mol. The maximum Gasteiger partial charge on any atom is 0.233 e. The predicted molar refractivity (Wildman–Crippen MR) is 39.4 cm³/mol. The Kier molecular flexibility index (Phi) is 3.10. The number of rotatable bonds is 3. The predicted octanol–water partition coefficient (Wildman–Crippen LogP) is 1.55. The first kappa shape index (κ1) is 10.2. The molecule has 0 amide bonds. The first-order valence-corrected chi connectivity index (χ1v) is 5.23. The molecule has 62 valence electrons. The Morgan fingerprint density at radius 3 is 2.00 bits per heavy atom. The lowest BCUT2D eigenvalue weighted by Crippen LogP contribution is -2.23. The van der Waals surface area contributed by atoms with E-state index in [1.165, 1.54) is 13.8 Å². The second-order valence-electron chi connectivity index (χ2n) is 2.98. The fraction of sp³-hybridized carbons (Fsp3) is 1.00. The molecule has 0 spiro atoms. The molecule has 0 aliphatic rings. The molecule has 0 aromatic heterocycles. The van der Waals surface area contributed by atoms with Crippen LogP contribution >= 0.6 is 10.7 Å². The molecule has 0 saturated heterocycles. The van der Waals surface area contributed by atoms with Crippen LogP contribution in [0.4, 0.5) is 4.39 Å². The van der Waals surface area contributed by atoms with Crippen molar-refractivity contribution in [3.8, 4) is 0 Å². The van der Waals surface area contributed by atoms with Gasteiger partial charge in [0.15, 0.2) is 0 Å². The fourth-order valence-electron chi connectivity index (χ4n) is 0.505. The van der Waals surface area contributed by atoms with Crippen LogP contribution in [0.1, 0.15) is 13.8 Å². The molecule has 0 saturated carbocycles. The minimum Gasteiger partial charge on any atom is -0.250 e. The normalized spacial score (nSPS) is 13.6. The Bertz CT molecular complexity index is 198. The van der Waals surface area contributed by atoms with Crippen LogP contribution in [0, 0.1) is 5.41 Å². The molecule has 10 heavy (non-hydrogen) atoms. The topological polar surface area (TPSA) is 34.1 Å². The van der Waals surface area contributed by atoms with Gasteiger partial charge in [0.2, 0.25) is 9.05 Å². The smallest absolute Gasteiger partial charge is 0.233 e. The first-order chi connectivity index (χ1) is 4.27. The summed E-state index contributed by atoms with van der Waals surface area (Å²) in [5, 5.41) is 0. The van der Waals surface area contributed by atoms with Gasteiger partial charge in [-0.3, -0.25) is 4.39 Å². The lowest BCUT2D eigenvalue weighted by atomic mass is 9.99. The van der Waals surface area contributed by atoms with Crippen molar-refractivity contribution in [1.29, 1.82) is 0 Å². The van der Waals surface area contributed by atoms with Crippen molar-refractivity contribution in [2.45, 2.75) is 13.8 Å². The fourth-order valence-corrected chi connectivity index (χ4v) is 2.40. The SMILES string of the molecule is CC(C)(CF)CS(=O)(=O)Cl. The van der Waals surface area contributed by atoms with Crippen molar-refractivity contribution in [3.05, 3.63) is 0 Å². The van der Waals surface area contributed by atoms with Gasteiger partial charge < -0.3 is 0 Å². The van der Waals surface area contributed by atoms with E-state index in [1.54, 1.807) is 0 Å². The first-order valence-electron chi connectivity index (χ1n) is 2.75. The minimum absolute atomic E-state index is 0.321. The maximum absolute atomic E-state index is 12.0. The van der Waals surface area contributed by atoms with E-state index >= 15 is 0 Å². The standard InChI is InChI=1S/C5H10ClFO2S/c1-5(2,3-7)4-10(6,8)9/h3-4H2,1-2H3. The third-order valence-corrected chi connectivity index (χ3v) is 2.38. The lowest BCUT2D eigenvalue weighted by molar-refractivity contribution is 0.288. The lowest BCUT2D eigenvalue weighted by Gasteiger charge is -2.16. The summed E-state index contributed by atoms with van der Waals surface area (Å²) in [6.07, 6.45) is 0. The van der Waals surface area contributed by atoms with Gasteiger partial charge in [-0.25, -0.2) is 8.42 Å². The van der Waals surface area contributed by atoms with Gasteiger partial charge in [0.25, 0.3) is 0 Å². The van der Waals surface area contributed by atoms with Crippen molar-refractivity contribution < 1.29 is 12.8 Å². The highest BCUT2D eigenvalue weighted by molar-refractivity contribution is 8.13. The molecule has 0 unspecified atom stereocenters. The summed E-state index contributed by atoms with van der Waals surface area (Å²) < 4.78 is 32.8. The molecule has 0 fully saturated rings. The zero-order valence-electron chi connectivity index (χ0n) is 5.89.